The SMILES string of the molecule is CC(=O)O[C@@H]1[C@@H](O)C2=C(C(=O)[C@H](OC(C)=O)[C@@]3(C[C@@H]3C)C2=O)[C@@]2(C)CC[C@@H](OC(C)=O)C(C)(C)[C@H]12. The van der Waals surface area contributed by atoms with E-state index in [1.54, 1.807) is 0 Å². The van der Waals surface area contributed by atoms with Crippen molar-refractivity contribution in [3.05, 3.63) is 11.1 Å². The van der Waals surface area contributed by atoms with Crippen molar-refractivity contribution >= 4 is 29.5 Å². The maximum absolute atomic E-state index is 14.1. The fourth-order valence-electron chi connectivity index (χ4n) is 7.43. The van der Waals surface area contributed by atoms with Crippen molar-refractivity contribution in [1.29, 1.82) is 0 Å². The predicted molar refractivity (Wildman–Crippen MR) is 121 cm³/mol. The fraction of sp³-hybridized carbons (Fsp3) is 0.731. The van der Waals surface area contributed by atoms with Crippen LogP contribution in [0, 0.1) is 28.1 Å². The molecule has 4 rings (SSSR count). The molecule has 0 aromatic rings. The molecule has 2 saturated carbocycles. The van der Waals surface area contributed by atoms with E-state index in [2.05, 4.69) is 0 Å². The maximum Gasteiger partial charge on any atom is 0.303 e. The Morgan fingerprint density at radius 1 is 0.943 bits per heavy atom. The molecule has 0 aliphatic heterocycles. The smallest absolute Gasteiger partial charge is 0.303 e. The van der Waals surface area contributed by atoms with Gasteiger partial charge < -0.3 is 19.3 Å². The summed E-state index contributed by atoms with van der Waals surface area (Å²) in [6, 6.07) is 0. The van der Waals surface area contributed by atoms with Gasteiger partial charge in [0.25, 0.3) is 0 Å². The number of carbonyl (C=O) groups is 5. The number of carbonyl (C=O) groups excluding carboxylic acids is 5. The Labute approximate surface area is 204 Å². The number of aliphatic hydroxyl groups is 1. The Morgan fingerprint density at radius 3 is 1.97 bits per heavy atom. The highest BCUT2D eigenvalue weighted by molar-refractivity contribution is 6.20. The number of ether oxygens (including phenoxy) is 3. The van der Waals surface area contributed by atoms with E-state index in [1.807, 2.05) is 27.7 Å². The molecule has 0 bridgehead atoms. The van der Waals surface area contributed by atoms with Crippen molar-refractivity contribution in [1.82, 2.24) is 0 Å². The van der Waals surface area contributed by atoms with E-state index in [1.165, 1.54) is 20.8 Å². The van der Waals surface area contributed by atoms with Gasteiger partial charge in [-0.3, -0.25) is 24.0 Å². The van der Waals surface area contributed by atoms with E-state index < -0.39 is 76.1 Å². The second-order valence-corrected chi connectivity index (χ2v) is 11.5. The van der Waals surface area contributed by atoms with E-state index in [0.717, 1.165) is 0 Å². The Bertz CT molecular complexity index is 1060. The first-order chi connectivity index (χ1) is 16.1. The molecule has 0 amide bonds. The van der Waals surface area contributed by atoms with Crippen LogP contribution >= 0.6 is 0 Å². The van der Waals surface area contributed by atoms with Gasteiger partial charge in [0.15, 0.2) is 11.9 Å². The first kappa shape index (κ1) is 25.5. The number of ketones is 2. The van der Waals surface area contributed by atoms with E-state index in [9.17, 15) is 29.1 Å². The summed E-state index contributed by atoms with van der Waals surface area (Å²) in [5.41, 5.74) is -2.93. The van der Waals surface area contributed by atoms with Gasteiger partial charge in [-0.2, -0.15) is 0 Å². The molecule has 2 fully saturated rings. The third kappa shape index (κ3) is 3.49. The number of fused-ring (bicyclic) bond motifs is 2. The predicted octanol–water partition coefficient (Wildman–Crippen LogP) is 2.07. The molecule has 0 saturated heterocycles. The van der Waals surface area contributed by atoms with E-state index in [4.69, 9.17) is 14.2 Å². The first-order valence-electron chi connectivity index (χ1n) is 12.1. The fourth-order valence-corrected chi connectivity index (χ4v) is 7.43. The molecule has 9 heteroatoms. The number of rotatable bonds is 3. The summed E-state index contributed by atoms with van der Waals surface area (Å²) in [7, 11) is 0. The van der Waals surface area contributed by atoms with Gasteiger partial charge in [0, 0.05) is 48.7 Å². The highest BCUT2D eigenvalue weighted by Gasteiger charge is 2.74. The van der Waals surface area contributed by atoms with E-state index in [0.29, 0.717) is 19.3 Å². The normalized spacial score (nSPS) is 41.6. The lowest BCUT2D eigenvalue weighted by atomic mass is 9.45. The van der Waals surface area contributed by atoms with Crippen LogP contribution < -0.4 is 0 Å². The number of Topliss-reactive ketones (excluding diaryl/α,β-unsaturated/α-hetero) is 2. The molecule has 35 heavy (non-hydrogen) atoms. The van der Waals surface area contributed by atoms with Crippen molar-refractivity contribution < 1.29 is 43.3 Å². The molecule has 0 radical (unpaired) electrons. The Balaban J connectivity index is 1.94. The molecule has 8 atom stereocenters. The number of hydrogen-bond acceptors (Lipinski definition) is 9. The van der Waals surface area contributed by atoms with Crippen LogP contribution in [0.15, 0.2) is 11.1 Å². The quantitative estimate of drug-likeness (QED) is 0.466. The van der Waals surface area contributed by atoms with Gasteiger partial charge in [-0.25, -0.2) is 0 Å². The first-order valence-corrected chi connectivity index (χ1v) is 12.1. The van der Waals surface area contributed by atoms with Gasteiger partial charge >= 0.3 is 17.9 Å². The monoisotopic (exact) mass is 490 g/mol. The molecule has 4 aliphatic rings. The largest absolute Gasteiger partial charge is 0.462 e. The minimum Gasteiger partial charge on any atom is -0.462 e. The molecule has 9 nitrogen and oxygen atoms in total. The average Bonchev–Trinajstić information content (AvgIpc) is 3.39. The van der Waals surface area contributed by atoms with E-state index in [-0.39, 0.29) is 17.1 Å². The van der Waals surface area contributed by atoms with Crippen LogP contribution in [0.1, 0.15) is 67.7 Å². The molecular formula is C26H34O9. The summed E-state index contributed by atoms with van der Waals surface area (Å²) in [5.74, 6) is -3.52. The van der Waals surface area contributed by atoms with Crippen LogP contribution in [0.3, 0.4) is 0 Å². The molecular weight excluding hydrogens is 456 g/mol. The minimum atomic E-state index is -1.54. The summed E-state index contributed by atoms with van der Waals surface area (Å²) in [6.45, 7) is 11.1. The topological polar surface area (TPSA) is 133 Å². The summed E-state index contributed by atoms with van der Waals surface area (Å²) < 4.78 is 16.7. The van der Waals surface area contributed by atoms with E-state index >= 15 is 0 Å². The summed E-state index contributed by atoms with van der Waals surface area (Å²) in [5, 5.41) is 11.5. The maximum atomic E-state index is 14.1. The standard InChI is InChI=1S/C26H34O9/c1-11-10-26(11)22(32)16-17(19(31)23(26)35-14(4)29)25(7)9-8-15(33-12(2)27)24(5,6)21(25)20(18(16)30)34-13(3)28/h11,15,18,20-21,23,30H,8-10H2,1-7H3/t11-,15+,18-,20+,21-,23-,25+,26+/m0/s1. The van der Waals surface area contributed by atoms with Gasteiger partial charge in [0.1, 0.15) is 18.3 Å². The zero-order valence-corrected chi connectivity index (χ0v) is 21.3. The number of esters is 3. The van der Waals surface area contributed by atoms with Gasteiger partial charge in [-0.15, -0.1) is 0 Å². The third-order valence-corrected chi connectivity index (χ3v) is 8.90. The lowest BCUT2D eigenvalue weighted by molar-refractivity contribution is -0.201. The molecule has 0 aromatic heterocycles. The van der Waals surface area contributed by atoms with Crippen molar-refractivity contribution in [2.24, 2.45) is 28.1 Å². The number of aliphatic hydroxyl groups excluding tert-OH is 1. The zero-order valence-electron chi connectivity index (χ0n) is 21.3. The molecule has 0 heterocycles. The summed E-state index contributed by atoms with van der Waals surface area (Å²) in [4.78, 5) is 63.9. The van der Waals surface area contributed by atoms with Crippen molar-refractivity contribution in [2.75, 3.05) is 0 Å². The molecule has 192 valence electrons. The summed E-state index contributed by atoms with van der Waals surface area (Å²) in [6.07, 6.45) is -3.38. The molecule has 4 aliphatic carbocycles. The molecule has 1 N–H and O–H groups in total. The highest BCUT2D eigenvalue weighted by Crippen LogP contribution is 2.67. The van der Waals surface area contributed by atoms with Gasteiger partial charge in [0.2, 0.25) is 5.78 Å². The van der Waals surface area contributed by atoms with Crippen LogP contribution in [0.2, 0.25) is 0 Å². The highest BCUT2D eigenvalue weighted by atomic mass is 16.6. The van der Waals surface area contributed by atoms with Crippen LogP contribution in [-0.4, -0.2) is 59.0 Å². The Kier molecular flexibility index (Phi) is 5.82. The zero-order chi connectivity index (χ0) is 26.2. The lowest BCUT2D eigenvalue weighted by Crippen LogP contribution is -2.66. The third-order valence-electron chi connectivity index (χ3n) is 8.90. The molecule has 1 spiro atoms. The van der Waals surface area contributed by atoms with Gasteiger partial charge in [-0.1, -0.05) is 27.7 Å². The molecule has 0 aromatic carbocycles. The van der Waals surface area contributed by atoms with Gasteiger partial charge in [-0.05, 0) is 25.2 Å². The number of hydrogen-bond donors (Lipinski definition) is 1. The average molecular weight is 491 g/mol. The van der Waals surface area contributed by atoms with Crippen LogP contribution in [0.5, 0.6) is 0 Å². The molecule has 0 unspecified atom stereocenters. The van der Waals surface area contributed by atoms with Crippen molar-refractivity contribution in [3.8, 4) is 0 Å². The minimum absolute atomic E-state index is 0.0329. The van der Waals surface area contributed by atoms with Crippen LogP contribution in [-0.2, 0) is 38.2 Å². The van der Waals surface area contributed by atoms with Gasteiger partial charge in [0.05, 0.1) is 5.41 Å². The van der Waals surface area contributed by atoms with Crippen LogP contribution in [0.4, 0.5) is 0 Å². The Hall–Kier alpha value is -2.55. The van der Waals surface area contributed by atoms with Crippen LogP contribution in [0.25, 0.3) is 0 Å². The second-order valence-electron chi connectivity index (χ2n) is 11.5. The van der Waals surface area contributed by atoms with Crippen molar-refractivity contribution in [2.45, 2.75) is 92.1 Å². The second kappa shape index (κ2) is 7.98. The summed E-state index contributed by atoms with van der Waals surface area (Å²) >= 11 is 0. The van der Waals surface area contributed by atoms with Crippen molar-refractivity contribution in [3.63, 3.8) is 0 Å². The lowest BCUT2D eigenvalue weighted by Gasteiger charge is -2.60. The Morgan fingerprint density at radius 2 is 1.49 bits per heavy atom.